The average Bonchev–Trinajstić information content (AvgIpc) is 2.44. The van der Waals surface area contributed by atoms with Crippen LogP contribution in [-0.4, -0.2) is 19.1 Å². The van der Waals surface area contributed by atoms with Crippen LogP contribution < -0.4 is 44.7 Å². The van der Waals surface area contributed by atoms with Gasteiger partial charge in [-0.05, 0) is 35.7 Å². The molecule has 1 N–H and O–H groups in total. The zero-order valence-corrected chi connectivity index (χ0v) is 15.0. The molecular formula is C17H18NNaO3. The van der Waals surface area contributed by atoms with Gasteiger partial charge in [0.05, 0.1) is 7.11 Å². The normalized spacial score (nSPS) is 20.0. The van der Waals surface area contributed by atoms with Gasteiger partial charge in [0.2, 0.25) is 0 Å². The summed E-state index contributed by atoms with van der Waals surface area (Å²) < 4.78 is 5.45. The minimum atomic E-state index is -0.934. The van der Waals surface area contributed by atoms with Crippen LogP contribution in [0.3, 0.4) is 0 Å². The number of nitrogens with one attached hydrogen (secondary N) is 1. The Bertz CT molecular complexity index is 668. The molecule has 0 aromatic heterocycles. The van der Waals surface area contributed by atoms with Crippen LogP contribution in [0.5, 0.6) is 5.75 Å². The van der Waals surface area contributed by atoms with E-state index in [1.807, 2.05) is 18.2 Å². The topological polar surface area (TPSA) is 61.4 Å². The molecule has 1 saturated carbocycles. The van der Waals surface area contributed by atoms with Gasteiger partial charge < -0.3 is 20.0 Å². The van der Waals surface area contributed by atoms with Crippen molar-refractivity contribution in [2.24, 2.45) is 5.92 Å². The Morgan fingerprint density at radius 1 is 1.27 bits per heavy atom. The SMILES string of the molecule is COc1cc2ccccc2cc1CNC1CC(C(=O)[O-])C1.[Na+]. The number of benzene rings is 2. The van der Waals surface area contributed by atoms with Crippen LogP contribution in [0.4, 0.5) is 0 Å². The van der Waals surface area contributed by atoms with E-state index < -0.39 is 5.97 Å². The third-order valence-electron chi connectivity index (χ3n) is 4.20. The molecule has 2 aromatic rings. The van der Waals surface area contributed by atoms with Crippen molar-refractivity contribution in [1.82, 2.24) is 5.32 Å². The zero-order chi connectivity index (χ0) is 14.8. The molecule has 4 nitrogen and oxygen atoms in total. The number of fused-ring (bicyclic) bond motifs is 1. The average molecular weight is 307 g/mol. The van der Waals surface area contributed by atoms with E-state index in [4.69, 9.17) is 4.74 Å². The molecule has 5 heteroatoms. The van der Waals surface area contributed by atoms with E-state index in [1.54, 1.807) is 7.11 Å². The first-order valence-corrected chi connectivity index (χ1v) is 7.17. The smallest absolute Gasteiger partial charge is 0.550 e. The number of aliphatic carboxylic acids is 1. The molecule has 0 heterocycles. The van der Waals surface area contributed by atoms with Crippen molar-refractivity contribution in [3.8, 4) is 5.75 Å². The van der Waals surface area contributed by atoms with Gasteiger partial charge >= 0.3 is 29.6 Å². The zero-order valence-electron chi connectivity index (χ0n) is 13.0. The predicted molar refractivity (Wildman–Crippen MR) is 78.9 cm³/mol. The Hall–Kier alpha value is -1.07. The molecule has 3 rings (SSSR count). The summed E-state index contributed by atoms with van der Waals surface area (Å²) in [6.07, 6.45) is 1.30. The number of hydrogen-bond acceptors (Lipinski definition) is 4. The molecule has 0 amide bonds. The number of carbonyl (C=O) groups excluding carboxylic acids is 1. The third-order valence-corrected chi connectivity index (χ3v) is 4.20. The van der Waals surface area contributed by atoms with E-state index in [9.17, 15) is 9.90 Å². The van der Waals surface area contributed by atoms with Crippen LogP contribution in [0.25, 0.3) is 10.8 Å². The Labute approximate surface area is 152 Å². The second-order valence-corrected chi connectivity index (χ2v) is 5.58. The molecule has 0 spiro atoms. The van der Waals surface area contributed by atoms with E-state index in [1.165, 1.54) is 5.39 Å². The predicted octanol–water partition coefficient (Wildman–Crippen LogP) is -1.53. The first-order valence-electron chi connectivity index (χ1n) is 7.17. The van der Waals surface area contributed by atoms with E-state index >= 15 is 0 Å². The fourth-order valence-corrected chi connectivity index (χ4v) is 2.83. The van der Waals surface area contributed by atoms with Crippen LogP contribution in [-0.2, 0) is 11.3 Å². The molecule has 0 radical (unpaired) electrons. The standard InChI is InChI=1S/C17H19NO3.Na/c1-21-16-9-12-5-3-2-4-11(12)6-14(16)10-18-15-7-13(8-15)17(19)20;/h2-6,9,13,15,18H,7-8,10H2,1H3,(H,19,20);/q;+1/p-1. The number of carbonyl (C=O) groups is 1. The number of carboxylic acid groups (broad SMARTS) is 1. The summed E-state index contributed by atoms with van der Waals surface area (Å²) in [5.41, 5.74) is 1.09. The van der Waals surface area contributed by atoms with Gasteiger partial charge in [0, 0.05) is 30.0 Å². The van der Waals surface area contributed by atoms with Crippen molar-refractivity contribution in [2.75, 3.05) is 7.11 Å². The minimum absolute atomic E-state index is 0. The summed E-state index contributed by atoms with van der Waals surface area (Å²) in [6, 6.07) is 12.6. The molecule has 1 aliphatic carbocycles. The van der Waals surface area contributed by atoms with E-state index in [2.05, 4.69) is 23.5 Å². The van der Waals surface area contributed by atoms with Gasteiger partial charge in [-0.2, -0.15) is 0 Å². The number of hydrogen-bond donors (Lipinski definition) is 1. The van der Waals surface area contributed by atoms with Gasteiger partial charge in [-0.3, -0.25) is 0 Å². The molecule has 110 valence electrons. The van der Waals surface area contributed by atoms with Crippen molar-refractivity contribution in [2.45, 2.75) is 25.4 Å². The molecule has 2 aromatic carbocycles. The molecule has 0 atom stereocenters. The fraction of sp³-hybridized carbons (Fsp3) is 0.353. The van der Waals surface area contributed by atoms with Crippen molar-refractivity contribution in [3.05, 3.63) is 42.0 Å². The van der Waals surface area contributed by atoms with Crippen LogP contribution >= 0.6 is 0 Å². The van der Waals surface area contributed by atoms with E-state index in [0.717, 1.165) is 16.7 Å². The Morgan fingerprint density at radius 3 is 2.50 bits per heavy atom. The number of ether oxygens (including phenoxy) is 1. The molecule has 0 aliphatic heterocycles. The molecule has 0 saturated heterocycles. The molecule has 1 fully saturated rings. The second kappa shape index (κ2) is 7.47. The number of methoxy groups -OCH3 is 1. The van der Waals surface area contributed by atoms with Crippen LogP contribution in [0.15, 0.2) is 36.4 Å². The van der Waals surface area contributed by atoms with E-state index in [0.29, 0.717) is 19.4 Å². The van der Waals surface area contributed by atoms with Crippen molar-refractivity contribution >= 4 is 16.7 Å². The molecular weight excluding hydrogens is 289 g/mol. The Kier molecular flexibility index (Phi) is 5.87. The van der Waals surface area contributed by atoms with Crippen molar-refractivity contribution in [3.63, 3.8) is 0 Å². The van der Waals surface area contributed by atoms with Gasteiger partial charge in [-0.25, -0.2) is 0 Å². The van der Waals surface area contributed by atoms with Crippen molar-refractivity contribution < 1.29 is 44.2 Å². The molecule has 1 aliphatic rings. The summed E-state index contributed by atoms with van der Waals surface area (Å²) in [5, 5.41) is 16.4. The van der Waals surface area contributed by atoms with Crippen molar-refractivity contribution in [1.29, 1.82) is 0 Å². The summed E-state index contributed by atoms with van der Waals surface area (Å²) in [5.74, 6) is -0.366. The molecule has 22 heavy (non-hydrogen) atoms. The number of carboxylic acids is 1. The maximum atomic E-state index is 10.7. The monoisotopic (exact) mass is 307 g/mol. The maximum Gasteiger partial charge on any atom is 1.00 e. The van der Waals surface area contributed by atoms with Gasteiger partial charge in [0.15, 0.2) is 0 Å². The third kappa shape index (κ3) is 3.63. The fourth-order valence-electron chi connectivity index (χ4n) is 2.83. The largest absolute Gasteiger partial charge is 1.00 e. The van der Waals surface area contributed by atoms with Gasteiger partial charge in [-0.1, -0.05) is 24.3 Å². The molecule has 0 unspecified atom stereocenters. The maximum absolute atomic E-state index is 10.7. The second-order valence-electron chi connectivity index (χ2n) is 5.58. The Morgan fingerprint density at radius 2 is 1.91 bits per heavy atom. The van der Waals surface area contributed by atoms with E-state index in [-0.39, 0.29) is 41.5 Å². The van der Waals surface area contributed by atoms with Crippen LogP contribution in [0.1, 0.15) is 18.4 Å². The minimum Gasteiger partial charge on any atom is -0.550 e. The quantitative estimate of drug-likeness (QED) is 0.681. The van der Waals surface area contributed by atoms with Gasteiger partial charge in [0.1, 0.15) is 5.75 Å². The summed E-state index contributed by atoms with van der Waals surface area (Å²) in [7, 11) is 1.67. The number of rotatable bonds is 5. The van der Waals surface area contributed by atoms with Gasteiger partial charge in [0.25, 0.3) is 0 Å². The summed E-state index contributed by atoms with van der Waals surface area (Å²) in [6.45, 7) is 0.679. The first-order chi connectivity index (χ1) is 10.2. The molecule has 0 bridgehead atoms. The first kappa shape index (κ1) is 17.3. The van der Waals surface area contributed by atoms with Gasteiger partial charge in [-0.15, -0.1) is 0 Å². The Balaban J connectivity index is 0.00000176. The summed E-state index contributed by atoms with van der Waals surface area (Å²) >= 11 is 0. The summed E-state index contributed by atoms with van der Waals surface area (Å²) in [4.78, 5) is 10.7. The van der Waals surface area contributed by atoms with Crippen LogP contribution in [0, 0.1) is 5.92 Å². The van der Waals surface area contributed by atoms with Crippen LogP contribution in [0.2, 0.25) is 0 Å².